The van der Waals surface area contributed by atoms with Gasteiger partial charge in [-0.2, -0.15) is 5.26 Å². The van der Waals surface area contributed by atoms with Crippen molar-refractivity contribution in [3.63, 3.8) is 0 Å². The Labute approximate surface area is 234 Å². The topological polar surface area (TPSA) is 62.5 Å². The minimum atomic E-state index is 0.373. The van der Waals surface area contributed by atoms with Crippen LogP contribution in [0.25, 0.3) is 44.9 Å². The summed E-state index contributed by atoms with van der Waals surface area (Å²) in [5.74, 6) is 4.77. The summed E-state index contributed by atoms with van der Waals surface area (Å²) in [5, 5.41) is 11.4. The van der Waals surface area contributed by atoms with Gasteiger partial charge in [0.1, 0.15) is 0 Å². The Morgan fingerprint density at radius 3 is 1.90 bits per heavy atom. The largest absolute Gasteiger partial charge is 0.208 e. The molecule has 1 aromatic heterocycles. The maximum atomic E-state index is 9.39. The molecule has 40 heavy (non-hydrogen) atoms. The third kappa shape index (κ3) is 3.92. The molecular formula is C36H30N4. The van der Waals surface area contributed by atoms with Gasteiger partial charge in [0.25, 0.3) is 0 Å². The lowest BCUT2D eigenvalue weighted by Crippen LogP contribution is -2.48. The molecule has 4 aliphatic carbocycles. The molecule has 0 aliphatic heterocycles. The number of nitrogens with zero attached hydrogens (tertiary/aromatic N) is 4. The van der Waals surface area contributed by atoms with Crippen LogP contribution in [0.1, 0.15) is 49.7 Å². The van der Waals surface area contributed by atoms with Crippen molar-refractivity contribution < 1.29 is 0 Å². The standard InChI is InChI=1S/C36H30N4/c37-22-23-9-14-31-29(18-23)7-4-8-32(31)35-39-33(27-5-2-1-3-6-27)38-34(40-35)28-10-12-30(13-11-28)36-19-24-15-25(20-36)17-26(16-24)21-36/h1-14,18,24-26H,15-17,19-21H2/t24-,25-,26-,36?. The minimum absolute atomic E-state index is 0.373. The molecule has 0 saturated heterocycles. The van der Waals surface area contributed by atoms with E-state index in [2.05, 4.69) is 36.4 Å². The van der Waals surface area contributed by atoms with Crippen LogP contribution in [0, 0.1) is 29.1 Å². The molecule has 4 bridgehead atoms. The van der Waals surface area contributed by atoms with E-state index in [-0.39, 0.29) is 0 Å². The Morgan fingerprint density at radius 1 is 0.625 bits per heavy atom. The van der Waals surface area contributed by atoms with Crippen LogP contribution in [0.5, 0.6) is 0 Å². The molecule has 4 aromatic carbocycles. The zero-order valence-electron chi connectivity index (χ0n) is 22.4. The van der Waals surface area contributed by atoms with Gasteiger partial charge in [-0.25, -0.2) is 15.0 Å². The summed E-state index contributed by atoms with van der Waals surface area (Å²) in [5.41, 5.74) is 5.44. The van der Waals surface area contributed by atoms with Gasteiger partial charge in [-0.1, -0.05) is 78.9 Å². The Kier molecular flexibility index (Phi) is 5.35. The van der Waals surface area contributed by atoms with Crippen molar-refractivity contribution >= 4 is 10.8 Å². The smallest absolute Gasteiger partial charge is 0.164 e. The molecule has 4 saturated carbocycles. The zero-order valence-corrected chi connectivity index (χ0v) is 22.4. The highest BCUT2D eigenvalue weighted by Crippen LogP contribution is 2.60. The van der Waals surface area contributed by atoms with Crippen molar-refractivity contribution in [2.75, 3.05) is 0 Å². The van der Waals surface area contributed by atoms with E-state index in [9.17, 15) is 5.26 Å². The maximum Gasteiger partial charge on any atom is 0.164 e. The van der Waals surface area contributed by atoms with E-state index in [1.165, 1.54) is 44.1 Å². The second-order valence-corrected chi connectivity index (χ2v) is 12.3. The molecule has 0 N–H and O–H groups in total. The molecule has 0 unspecified atom stereocenters. The van der Waals surface area contributed by atoms with Crippen molar-refractivity contribution in [3.05, 3.63) is 102 Å². The maximum absolute atomic E-state index is 9.39. The van der Waals surface area contributed by atoms with Gasteiger partial charge in [-0.05, 0) is 90.2 Å². The molecule has 5 aromatic rings. The average Bonchev–Trinajstić information content (AvgIpc) is 3.00. The van der Waals surface area contributed by atoms with Crippen LogP contribution in [0.4, 0.5) is 0 Å². The number of hydrogen-bond donors (Lipinski definition) is 0. The second-order valence-electron chi connectivity index (χ2n) is 12.3. The Bertz CT molecular complexity index is 1750. The van der Waals surface area contributed by atoms with Gasteiger partial charge in [-0.3, -0.25) is 0 Å². The van der Waals surface area contributed by atoms with Gasteiger partial charge in [0.2, 0.25) is 0 Å². The molecule has 194 valence electrons. The summed E-state index contributed by atoms with van der Waals surface area (Å²) < 4.78 is 0. The fraction of sp³-hybridized carbons (Fsp3) is 0.278. The number of nitriles is 1. The number of rotatable bonds is 4. The fourth-order valence-corrected chi connectivity index (χ4v) is 8.33. The van der Waals surface area contributed by atoms with Crippen LogP contribution in [0.2, 0.25) is 0 Å². The normalized spacial score (nSPS) is 24.7. The zero-order chi connectivity index (χ0) is 26.7. The molecule has 0 spiro atoms. The first-order valence-electron chi connectivity index (χ1n) is 14.5. The highest BCUT2D eigenvalue weighted by molar-refractivity contribution is 5.96. The van der Waals surface area contributed by atoms with Crippen molar-refractivity contribution in [2.24, 2.45) is 17.8 Å². The van der Waals surface area contributed by atoms with E-state index in [4.69, 9.17) is 15.0 Å². The molecule has 9 rings (SSSR count). The third-order valence-corrected chi connectivity index (χ3v) is 9.71. The summed E-state index contributed by atoms with van der Waals surface area (Å²) in [7, 11) is 0. The SMILES string of the molecule is N#Cc1ccc2c(-c3nc(-c4ccccc4)nc(-c4ccc(C56C[C@H]7C[C@H](C5)C[C@@H](C6)C7)cc4)n3)cccc2c1. The van der Waals surface area contributed by atoms with Gasteiger partial charge < -0.3 is 0 Å². The lowest BCUT2D eigenvalue weighted by molar-refractivity contribution is -0.00518. The van der Waals surface area contributed by atoms with Crippen LogP contribution in [0.3, 0.4) is 0 Å². The third-order valence-electron chi connectivity index (χ3n) is 9.71. The predicted molar refractivity (Wildman–Crippen MR) is 158 cm³/mol. The van der Waals surface area contributed by atoms with Crippen molar-refractivity contribution in [1.82, 2.24) is 15.0 Å². The van der Waals surface area contributed by atoms with Gasteiger partial charge in [0.05, 0.1) is 11.6 Å². The van der Waals surface area contributed by atoms with Crippen LogP contribution in [-0.2, 0) is 5.41 Å². The molecule has 4 nitrogen and oxygen atoms in total. The lowest BCUT2D eigenvalue weighted by Gasteiger charge is -2.57. The van der Waals surface area contributed by atoms with Gasteiger partial charge in [0, 0.05) is 16.7 Å². The second kappa shape index (κ2) is 9.10. The summed E-state index contributed by atoms with van der Waals surface area (Å²) in [4.78, 5) is 14.9. The monoisotopic (exact) mass is 518 g/mol. The molecule has 0 radical (unpaired) electrons. The predicted octanol–water partition coefficient (Wildman–Crippen LogP) is 8.37. The first kappa shape index (κ1) is 23.5. The van der Waals surface area contributed by atoms with E-state index in [1.54, 1.807) is 0 Å². The van der Waals surface area contributed by atoms with E-state index < -0.39 is 0 Å². The quantitative estimate of drug-likeness (QED) is 0.240. The molecule has 4 heteroatoms. The lowest BCUT2D eigenvalue weighted by atomic mass is 9.48. The summed E-state index contributed by atoms with van der Waals surface area (Å²) in [6, 6.07) is 33.4. The average molecular weight is 519 g/mol. The Balaban J connectivity index is 1.23. The minimum Gasteiger partial charge on any atom is -0.208 e. The molecule has 1 heterocycles. The first-order chi connectivity index (χ1) is 19.7. The molecule has 4 aliphatic rings. The van der Waals surface area contributed by atoms with Crippen molar-refractivity contribution in [2.45, 2.75) is 43.9 Å². The van der Waals surface area contributed by atoms with Gasteiger partial charge >= 0.3 is 0 Å². The van der Waals surface area contributed by atoms with E-state index in [0.717, 1.165) is 45.2 Å². The molecular weight excluding hydrogens is 488 g/mol. The highest BCUT2D eigenvalue weighted by atomic mass is 15.0. The van der Waals surface area contributed by atoms with Crippen molar-refractivity contribution in [3.8, 4) is 40.2 Å². The van der Waals surface area contributed by atoms with E-state index in [0.29, 0.717) is 28.5 Å². The number of hydrogen-bond acceptors (Lipinski definition) is 4. The number of aromatic nitrogens is 3. The molecule has 0 amide bonds. The first-order valence-corrected chi connectivity index (χ1v) is 14.5. The van der Waals surface area contributed by atoms with Crippen LogP contribution in [-0.4, -0.2) is 15.0 Å². The molecule has 4 fully saturated rings. The summed E-state index contributed by atoms with van der Waals surface area (Å²) >= 11 is 0. The van der Waals surface area contributed by atoms with Gasteiger partial charge in [-0.15, -0.1) is 0 Å². The van der Waals surface area contributed by atoms with E-state index in [1.807, 2.05) is 60.7 Å². The van der Waals surface area contributed by atoms with Crippen LogP contribution >= 0.6 is 0 Å². The number of fused-ring (bicyclic) bond motifs is 1. The Hall–Kier alpha value is -4.36. The van der Waals surface area contributed by atoms with Crippen LogP contribution in [0.15, 0.2) is 91.0 Å². The Morgan fingerprint density at radius 2 is 1.25 bits per heavy atom. The highest BCUT2D eigenvalue weighted by Gasteiger charge is 2.51. The fourth-order valence-electron chi connectivity index (χ4n) is 8.33. The van der Waals surface area contributed by atoms with Crippen molar-refractivity contribution in [1.29, 1.82) is 5.26 Å². The van der Waals surface area contributed by atoms with Gasteiger partial charge in [0.15, 0.2) is 17.5 Å². The molecule has 0 atom stereocenters. The van der Waals surface area contributed by atoms with E-state index >= 15 is 0 Å². The van der Waals surface area contributed by atoms with Crippen LogP contribution < -0.4 is 0 Å². The summed E-state index contributed by atoms with van der Waals surface area (Å²) in [6.07, 6.45) is 8.46. The number of benzene rings is 4. The summed E-state index contributed by atoms with van der Waals surface area (Å²) in [6.45, 7) is 0.